The molecular formula is C24H20BrFN2O3. The van der Waals surface area contributed by atoms with Crippen LogP contribution in [0, 0.1) is 11.7 Å². The van der Waals surface area contributed by atoms with E-state index in [0.717, 1.165) is 15.6 Å². The number of ether oxygens (including phenoxy) is 1. The highest BCUT2D eigenvalue weighted by molar-refractivity contribution is 9.10. The summed E-state index contributed by atoms with van der Waals surface area (Å²) < 4.78 is 19.7. The van der Waals surface area contributed by atoms with Crippen LogP contribution in [0.5, 0.6) is 5.75 Å². The Morgan fingerprint density at radius 2 is 1.77 bits per heavy atom. The molecule has 1 aliphatic rings. The average Bonchev–Trinajstić information content (AvgIpc) is 2.78. The Labute approximate surface area is 187 Å². The van der Waals surface area contributed by atoms with Crippen LogP contribution in [0.25, 0.3) is 0 Å². The molecule has 0 unspecified atom stereocenters. The fraction of sp³-hybridized carbons (Fsp3) is 0.167. The summed E-state index contributed by atoms with van der Waals surface area (Å²) in [7, 11) is 0. The molecular weight excluding hydrogens is 463 g/mol. The van der Waals surface area contributed by atoms with Crippen molar-refractivity contribution in [1.82, 2.24) is 5.32 Å². The SMILES string of the molecule is O=C(Nc1ccc2c(c1)C[C@@H](C(=O)NCc1ccc(F)cc1)CO2)c1ccc(Br)cc1. The highest BCUT2D eigenvalue weighted by atomic mass is 79.9. The molecule has 1 aliphatic heterocycles. The number of nitrogens with one attached hydrogen (secondary N) is 2. The molecule has 31 heavy (non-hydrogen) atoms. The molecule has 2 N–H and O–H groups in total. The van der Waals surface area contributed by atoms with Crippen molar-refractivity contribution in [2.75, 3.05) is 11.9 Å². The first-order valence-electron chi connectivity index (χ1n) is 9.83. The molecule has 0 aromatic heterocycles. The zero-order valence-corrected chi connectivity index (χ0v) is 18.1. The second kappa shape index (κ2) is 9.31. The van der Waals surface area contributed by atoms with E-state index >= 15 is 0 Å². The minimum Gasteiger partial charge on any atom is -0.492 e. The molecule has 3 aromatic rings. The number of fused-ring (bicyclic) bond motifs is 1. The van der Waals surface area contributed by atoms with Crippen molar-refractivity contribution in [2.24, 2.45) is 5.92 Å². The second-order valence-corrected chi connectivity index (χ2v) is 8.26. The Kier molecular flexibility index (Phi) is 6.32. The lowest BCUT2D eigenvalue weighted by molar-refractivity contribution is -0.126. The van der Waals surface area contributed by atoms with Gasteiger partial charge in [-0.15, -0.1) is 0 Å². The van der Waals surface area contributed by atoms with E-state index in [4.69, 9.17) is 4.74 Å². The highest BCUT2D eigenvalue weighted by Gasteiger charge is 2.26. The summed E-state index contributed by atoms with van der Waals surface area (Å²) in [5.41, 5.74) is 2.88. The van der Waals surface area contributed by atoms with Crippen LogP contribution in [-0.2, 0) is 17.8 Å². The van der Waals surface area contributed by atoms with Gasteiger partial charge >= 0.3 is 0 Å². The van der Waals surface area contributed by atoms with Crippen molar-refractivity contribution in [3.63, 3.8) is 0 Å². The molecule has 0 aliphatic carbocycles. The van der Waals surface area contributed by atoms with Crippen molar-refractivity contribution in [3.8, 4) is 5.75 Å². The standard InChI is InChI=1S/C24H20BrFN2O3/c25-19-5-3-16(4-6-19)24(30)28-21-9-10-22-17(12-21)11-18(14-31-22)23(29)27-13-15-1-7-20(26)8-2-15/h1-10,12,18H,11,13-14H2,(H,27,29)(H,28,30)/t18-/m1/s1. The monoisotopic (exact) mass is 482 g/mol. The Morgan fingerprint density at radius 1 is 1.03 bits per heavy atom. The summed E-state index contributed by atoms with van der Waals surface area (Å²) >= 11 is 3.35. The van der Waals surface area contributed by atoms with Gasteiger partial charge in [-0.05, 0) is 72.1 Å². The van der Waals surface area contributed by atoms with Crippen molar-refractivity contribution in [2.45, 2.75) is 13.0 Å². The molecule has 5 nitrogen and oxygen atoms in total. The van der Waals surface area contributed by atoms with Gasteiger partial charge in [-0.2, -0.15) is 0 Å². The largest absolute Gasteiger partial charge is 0.492 e. The van der Waals surface area contributed by atoms with Crippen LogP contribution in [-0.4, -0.2) is 18.4 Å². The van der Waals surface area contributed by atoms with Gasteiger partial charge in [0.2, 0.25) is 5.91 Å². The molecule has 4 rings (SSSR count). The van der Waals surface area contributed by atoms with Crippen molar-refractivity contribution >= 4 is 33.4 Å². The lowest BCUT2D eigenvalue weighted by atomic mass is 9.95. The van der Waals surface area contributed by atoms with Gasteiger partial charge in [-0.1, -0.05) is 28.1 Å². The molecule has 0 fully saturated rings. The summed E-state index contributed by atoms with van der Waals surface area (Å²) in [6, 6.07) is 18.5. The number of benzene rings is 3. The molecule has 0 bridgehead atoms. The van der Waals surface area contributed by atoms with Crippen molar-refractivity contribution in [3.05, 3.63) is 93.7 Å². The number of carbonyl (C=O) groups excluding carboxylic acids is 2. The predicted molar refractivity (Wildman–Crippen MR) is 119 cm³/mol. The number of halogens is 2. The van der Waals surface area contributed by atoms with Crippen LogP contribution in [0.3, 0.4) is 0 Å². The van der Waals surface area contributed by atoms with Gasteiger partial charge < -0.3 is 15.4 Å². The fourth-order valence-electron chi connectivity index (χ4n) is 3.38. The first-order chi connectivity index (χ1) is 15.0. The fourth-order valence-corrected chi connectivity index (χ4v) is 3.65. The molecule has 0 radical (unpaired) electrons. The van der Waals surface area contributed by atoms with Crippen LogP contribution >= 0.6 is 15.9 Å². The summed E-state index contributed by atoms with van der Waals surface area (Å²) in [5, 5.41) is 5.76. The van der Waals surface area contributed by atoms with Gasteiger partial charge in [0.05, 0.1) is 5.92 Å². The second-order valence-electron chi connectivity index (χ2n) is 7.34. The number of rotatable bonds is 5. The van der Waals surface area contributed by atoms with E-state index in [9.17, 15) is 14.0 Å². The zero-order valence-electron chi connectivity index (χ0n) is 16.5. The third kappa shape index (κ3) is 5.30. The minimum atomic E-state index is -0.342. The average molecular weight is 483 g/mol. The first-order valence-corrected chi connectivity index (χ1v) is 10.6. The summed E-state index contributed by atoms with van der Waals surface area (Å²) in [5.74, 6) is -0.276. The van der Waals surface area contributed by atoms with E-state index in [1.54, 1.807) is 36.4 Å². The van der Waals surface area contributed by atoms with E-state index < -0.39 is 0 Å². The predicted octanol–water partition coefficient (Wildman–Crippen LogP) is 4.71. The third-order valence-electron chi connectivity index (χ3n) is 5.08. The lowest BCUT2D eigenvalue weighted by Gasteiger charge is -2.25. The van der Waals surface area contributed by atoms with Gasteiger partial charge in [0.1, 0.15) is 18.2 Å². The summed E-state index contributed by atoms with van der Waals surface area (Å²) in [6.45, 7) is 0.610. The molecule has 158 valence electrons. The van der Waals surface area contributed by atoms with Gasteiger partial charge in [0, 0.05) is 22.3 Å². The Hall–Kier alpha value is -3.19. The van der Waals surface area contributed by atoms with Gasteiger partial charge in [0.15, 0.2) is 0 Å². The molecule has 3 aromatic carbocycles. The Bertz CT molecular complexity index is 1100. The van der Waals surface area contributed by atoms with E-state index in [-0.39, 0.29) is 30.2 Å². The maximum absolute atomic E-state index is 13.0. The van der Waals surface area contributed by atoms with Crippen LogP contribution in [0.2, 0.25) is 0 Å². The van der Waals surface area contributed by atoms with Crippen LogP contribution in [0.1, 0.15) is 21.5 Å². The number of amides is 2. The topological polar surface area (TPSA) is 67.4 Å². The van der Waals surface area contributed by atoms with E-state index in [2.05, 4.69) is 26.6 Å². The van der Waals surface area contributed by atoms with Crippen LogP contribution in [0.15, 0.2) is 71.2 Å². The van der Waals surface area contributed by atoms with E-state index in [1.165, 1.54) is 12.1 Å². The van der Waals surface area contributed by atoms with Crippen LogP contribution < -0.4 is 15.4 Å². The molecule has 2 amide bonds. The Balaban J connectivity index is 1.38. The maximum Gasteiger partial charge on any atom is 0.255 e. The number of carbonyl (C=O) groups is 2. The van der Waals surface area contributed by atoms with Gasteiger partial charge in [-0.25, -0.2) is 4.39 Å². The minimum absolute atomic E-state index is 0.126. The number of hydrogen-bond donors (Lipinski definition) is 2. The lowest BCUT2D eigenvalue weighted by Crippen LogP contribution is -2.37. The quantitative estimate of drug-likeness (QED) is 0.553. The molecule has 0 saturated carbocycles. The van der Waals surface area contributed by atoms with Gasteiger partial charge in [0.25, 0.3) is 5.91 Å². The summed E-state index contributed by atoms with van der Waals surface area (Å²) in [6.07, 6.45) is 0.507. The third-order valence-corrected chi connectivity index (χ3v) is 5.61. The van der Waals surface area contributed by atoms with Crippen LogP contribution in [0.4, 0.5) is 10.1 Å². The van der Waals surface area contributed by atoms with E-state index in [0.29, 0.717) is 30.0 Å². The number of anilines is 1. The maximum atomic E-state index is 13.0. The number of hydrogen-bond acceptors (Lipinski definition) is 3. The smallest absolute Gasteiger partial charge is 0.255 e. The normalized spacial score (nSPS) is 14.8. The zero-order chi connectivity index (χ0) is 21.8. The van der Waals surface area contributed by atoms with Gasteiger partial charge in [-0.3, -0.25) is 9.59 Å². The molecule has 1 heterocycles. The molecule has 0 saturated heterocycles. The Morgan fingerprint density at radius 3 is 2.52 bits per heavy atom. The molecule has 0 spiro atoms. The molecule has 7 heteroatoms. The van der Waals surface area contributed by atoms with E-state index in [1.807, 2.05) is 18.2 Å². The first kappa shape index (κ1) is 21.1. The highest BCUT2D eigenvalue weighted by Crippen LogP contribution is 2.30. The molecule has 1 atom stereocenters. The van der Waals surface area contributed by atoms with Crippen molar-refractivity contribution in [1.29, 1.82) is 0 Å². The summed E-state index contributed by atoms with van der Waals surface area (Å²) in [4.78, 5) is 25.0. The van der Waals surface area contributed by atoms with Crippen molar-refractivity contribution < 1.29 is 18.7 Å².